The van der Waals surface area contributed by atoms with Crippen molar-refractivity contribution in [3.05, 3.63) is 82.6 Å². The molecule has 0 bridgehead atoms. The van der Waals surface area contributed by atoms with E-state index < -0.39 is 0 Å². The van der Waals surface area contributed by atoms with Gasteiger partial charge < -0.3 is 5.32 Å². The predicted octanol–water partition coefficient (Wildman–Crippen LogP) is 3.64. The molecule has 5 heteroatoms. The van der Waals surface area contributed by atoms with Gasteiger partial charge in [-0.15, -0.1) is 0 Å². The number of nitrogens with one attached hydrogen (secondary N) is 1. The number of para-hydroxylation sites is 1. The summed E-state index contributed by atoms with van der Waals surface area (Å²) >= 11 is 0. The van der Waals surface area contributed by atoms with Crippen LogP contribution in [0.25, 0.3) is 11.3 Å². The number of amides is 1. The first-order chi connectivity index (χ1) is 12.6. The third-order valence-corrected chi connectivity index (χ3v) is 4.13. The summed E-state index contributed by atoms with van der Waals surface area (Å²) in [5.74, 6) is -0.0634. The monoisotopic (exact) mass is 347 g/mol. The summed E-state index contributed by atoms with van der Waals surface area (Å²) in [4.78, 5) is 24.1. The van der Waals surface area contributed by atoms with Crippen LogP contribution in [0.15, 0.2) is 71.5 Å². The molecule has 0 radical (unpaired) electrons. The molecule has 0 unspecified atom stereocenters. The van der Waals surface area contributed by atoms with Crippen molar-refractivity contribution in [3.63, 3.8) is 0 Å². The number of aryl methyl sites for hydroxylation is 2. The Morgan fingerprint density at radius 2 is 1.73 bits per heavy atom. The molecule has 2 aromatic carbocycles. The summed E-state index contributed by atoms with van der Waals surface area (Å²) in [7, 11) is 0. The molecule has 0 saturated carbocycles. The van der Waals surface area contributed by atoms with Gasteiger partial charge in [0.25, 0.3) is 5.56 Å². The molecule has 5 nitrogen and oxygen atoms in total. The quantitative estimate of drug-likeness (QED) is 0.740. The maximum Gasteiger partial charge on any atom is 0.266 e. The summed E-state index contributed by atoms with van der Waals surface area (Å²) in [6.07, 6.45) is 0.876. The average Bonchev–Trinajstić information content (AvgIpc) is 2.66. The van der Waals surface area contributed by atoms with Crippen molar-refractivity contribution in [1.29, 1.82) is 0 Å². The van der Waals surface area contributed by atoms with E-state index in [-0.39, 0.29) is 11.5 Å². The van der Waals surface area contributed by atoms with Crippen LogP contribution in [-0.2, 0) is 11.3 Å². The van der Waals surface area contributed by atoms with Gasteiger partial charge in [-0.25, -0.2) is 4.68 Å². The van der Waals surface area contributed by atoms with Gasteiger partial charge in [-0.1, -0.05) is 48.5 Å². The number of anilines is 1. The zero-order chi connectivity index (χ0) is 18.4. The van der Waals surface area contributed by atoms with E-state index in [2.05, 4.69) is 10.4 Å². The molecule has 132 valence electrons. The van der Waals surface area contributed by atoms with E-state index in [1.807, 2.05) is 61.5 Å². The fourth-order valence-electron chi connectivity index (χ4n) is 2.69. The first-order valence-corrected chi connectivity index (χ1v) is 8.62. The van der Waals surface area contributed by atoms with Crippen LogP contribution >= 0.6 is 0 Å². The average molecular weight is 347 g/mol. The van der Waals surface area contributed by atoms with Crippen molar-refractivity contribution in [1.82, 2.24) is 9.78 Å². The Morgan fingerprint density at radius 3 is 2.50 bits per heavy atom. The van der Waals surface area contributed by atoms with Crippen molar-refractivity contribution in [3.8, 4) is 11.3 Å². The van der Waals surface area contributed by atoms with Crippen LogP contribution in [0, 0.1) is 6.92 Å². The molecule has 1 aromatic heterocycles. The number of rotatable bonds is 6. The Morgan fingerprint density at radius 1 is 1.00 bits per heavy atom. The lowest BCUT2D eigenvalue weighted by atomic mass is 10.1. The van der Waals surface area contributed by atoms with E-state index >= 15 is 0 Å². The van der Waals surface area contributed by atoms with Gasteiger partial charge in [-0.05, 0) is 31.0 Å². The summed E-state index contributed by atoms with van der Waals surface area (Å²) in [5, 5.41) is 7.31. The lowest BCUT2D eigenvalue weighted by Gasteiger charge is -2.09. The maximum atomic E-state index is 12.1. The van der Waals surface area contributed by atoms with Gasteiger partial charge in [0.2, 0.25) is 5.91 Å². The molecule has 3 rings (SSSR count). The second-order valence-electron chi connectivity index (χ2n) is 6.11. The van der Waals surface area contributed by atoms with E-state index in [0.29, 0.717) is 19.4 Å². The van der Waals surface area contributed by atoms with Gasteiger partial charge in [-0.3, -0.25) is 9.59 Å². The highest BCUT2D eigenvalue weighted by Gasteiger charge is 2.07. The molecule has 0 aliphatic heterocycles. The zero-order valence-electron chi connectivity index (χ0n) is 14.7. The van der Waals surface area contributed by atoms with E-state index in [4.69, 9.17) is 0 Å². The molecule has 0 aliphatic rings. The van der Waals surface area contributed by atoms with E-state index in [0.717, 1.165) is 22.5 Å². The lowest BCUT2D eigenvalue weighted by molar-refractivity contribution is -0.116. The number of nitrogens with zero attached hydrogens (tertiary/aromatic N) is 2. The molecule has 1 N–H and O–H groups in total. The number of benzene rings is 2. The topological polar surface area (TPSA) is 64.0 Å². The largest absolute Gasteiger partial charge is 0.326 e. The standard InChI is InChI=1S/C21H21N3O2/c1-16-8-5-6-11-18(16)22-20(25)12-7-15-24-21(26)14-13-19(23-24)17-9-3-2-4-10-17/h2-6,8-11,13-14H,7,12,15H2,1H3,(H,22,25). The van der Waals surface area contributed by atoms with Crippen LogP contribution in [0.5, 0.6) is 0 Å². The number of hydrogen-bond donors (Lipinski definition) is 1. The van der Waals surface area contributed by atoms with Crippen molar-refractivity contribution in [2.75, 3.05) is 5.32 Å². The summed E-state index contributed by atoms with van der Waals surface area (Å²) in [6.45, 7) is 2.36. The molecule has 1 amide bonds. The van der Waals surface area contributed by atoms with Crippen LogP contribution in [-0.4, -0.2) is 15.7 Å². The molecular formula is C21H21N3O2. The number of carbonyl (C=O) groups is 1. The van der Waals surface area contributed by atoms with Crippen LogP contribution in [0.1, 0.15) is 18.4 Å². The minimum atomic E-state index is -0.163. The van der Waals surface area contributed by atoms with E-state index in [9.17, 15) is 9.59 Å². The number of hydrogen-bond acceptors (Lipinski definition) is 3. The molecule has 0 fully saturated rings. The SMILES string of the molecule is Cc1ccccc1NC(=O)CCCn1nc(-c2ccccc2)ccc1=O. The Kier molecular flexibility index (Phi) is 5.59. The lowest BCUT2D eigenvalue weighted by Crippen LogP contribution is -2.23. The van der Waals surface area contributed by atoms with Gasteiger partial charge in [0.15, 0.2) is 0 Å². The molecule has 0 saturated heterocycles. The van der Waals surface area contributed by atoms with Crippen molar-refractivity contribution in [2.24, 2.45) is 0 Å². The summed E-state index contributed by atoms with van der Waals surface area (Å²) in [5.41, 5.74) is 3.38. The Hall–Kier alpha value is -3.21. The molecule has 26 heavy (non-hydrogen) atoms. The van der Waals surface area contributed by atoms with Crippen molar-refractivity contribution in [2.45, 2.75) is 26.3 Å². The van der Waals surface area contributed by atoms with E-state index in [1.54, 1.807) is 6.07 Å². The Balaban J connectivity index is 1.60. The predicted molar refractivity (Wildman–Crippen MR) is 103 cm³/mol. The fraction of sp³-hybridized carbons (Fsp3) is 0.190. The molecule has 0 spiro atoms. The molecule has 3 aromatic rings. The smallest absolute Gasteiger partial charge is 0.266 e. The molecular weight excluding hydrogens is 326 g/mol. The second kappa shape index (κ2) is 8.25. The summed E-state index contributed by atoms with van der Waals surface area (Å²) < 4.78 is 1.42. The van der Waals surface area contributed by atoms with Crippen LogP contribution in [0.4, 0.5) is 5.69 Å². The first-order valence-electron chi connectivity index (χ1n) is 8.62. The van der Waals surface area contributed by atoms with Gasteiger partial charge in [-0.2, -0.15) is 5.10 Å². The first kappa shape index (κ1) is 17.6. The van der Waals surface area contributed by atoms with Crippen molar-refractivity contribution >= 4 is 11.6 Å². The fourth-order valence-corrected chi connectivity index (χ4v) is 2.69. The van der Waals surface area contributed by atoms with Crippen LogP contribution in [0.3, 0.4) is 0 Å². The Bertz CT molecular complexity index is 949. The highest BCUT2D eigenvalue weighted by Crippen LogP contribution is 2.15. The Labute approximate surface area is 152 Å². The highest BCUT2D eigenvalue weighted by molar-refractivity contribution is 5.91. The number of aromatic nitrogens is 2. The zero-order valence-corrected chi connectivity index (χ0v) is 14.7. The van der Waals surface area contributed by atoms with E-state index in [1.165, 1.54) is 10.7 Å². The molecule has 0 aliphatic carbocycles. The van der Waals surface area contributed by atoms with Gasteiger partial charge >= 0.3 is 0 Å². The summed E-state index contributed by atoms with van der Waals surface area (Å²) in [6, 6.07) is 20.6. The highest BCUT2D eigenvalue weighted by atomic mass is 16.1. The minimum Gasteiger partial charge on any atom is -0.326 e. The molecule has 1 heterocycles. The van der Waals surface area contributed by atoms with Crippen LogP contribution < -0.4 is 10.9 Å². The number of carbonyl (C=O) groups excluding carboxylic acids is 1. The normalized spacial score (nSPS) is 10.5. The molecule has 0 atom stereocenters. The third kappa shape index (κ3) is 4.45. The maximum absolute atomic E-state index is 12.1. The van der Waals surface area contributed by atoms with Gasteiger partial charge in [0.1, 0.15) is 0 Å². The van der Waals surface area contributed by atoms with Gasteiger partial charge in [0.05, 0.1) is 5.69 Å². The second-order valence-corrected chi connectivity index (χ2v) is 6.11. The van der Waals surface area contributed by atoms with Crippen molar-refractivity contribution < 1.29 is 4.79 Å². The minimum absolute atomic E-state index is 0.0634. The van der Waals surface area contributed by atoms with Crippen LogP contribution in [0.2, 0.25) is 0 Å². The van der Waals surface area contributed by atoms with Gasteiger partial charge in [0, 0.05) is 30.3 Å². The third-order valence-electron chi connectivity index (χ3n) is 4.13.